The lowest BCUT2D eigenvalue weighted by Gasteiger charge is -2.23. The molecule has 7 nitrogen and oxygen atoms in total. The number of furan rings is 1. The molecule has 0 radical (unpaired) electrons. The monoisotopic (exact) mass is 418 g/mol. The molecule has 2 aromatic rings. The highest BCUT2D eigenvalue weighted by molar-refractivity contribution is 7.92. The summed E-state index contributed by atoms with van der Waals surface area (Å²) in [6, 6.07) is 9.08. The van der Waals surface area contributed by atoms with Crippen LogP contribution in [0.5, 0.6) is 0 Å². The van der Waals surface area contributed by atoms with Crippen molar-refractivity contribution in [2.45, 2.75) is 38.3 Å². The molecule has 2 N–H and O–H groups in total. The molecule has 0 bridgehead atoms. The van der Waals surface area contributed by atoms with Crippen molar-refractivity contribution in [3.8, 4) is 0 Å². The van der Waals surface area contributed by atoms with E-state index in [0.717, 1.165) is 24.4 Å². The Kier molecular flexibility index (Phi) is 5.40. The Morgan fingerprint density at radius 2 is 2.07 bits per heavy atom. The van der Waals surface area contributed by atoms with E-state index in [4.69, 9.17) is 4.42 Å². The number of carbonyl (C=O) groups excluding carboxylic acids is 1. The van der Waals surface area contributed by atoms with Gasteiger partial charge in [-0.05, 0) is 49.2 Å². The number of likely N-dealkylation sites (tertiary alicyclic amines) is 1. The molecule has 1 aromatic carbocycles. The van der Waals surface area contributed by atoms with Crippen LogP contribution in [0.3, 0.4) is 0 Å². The van der Waals surface area contributed by atoms with E-state index >= 15 is 0 Å². The fraction of sp³-hybridized carbons (Fsp3) is 0.476. The van der Waals surface area contributed by atoms with E-state index in [9.17, 15) is 13.2 Å². The number of sulfonamides is 1. The highest BCUT2D eigenvalue weighted by atomic mass is 32.2. The maximum Gasteiger partial charge on any atom is 0.251 e. The quantitative estimate of drug-likeness (QED) is 0.737. The van der Waals surface area contributed by atoms with Crippen LogP contribution in [0.4, 0.5) is 5.69 Å². The van der Waals surface area contributed by atoms with Crippen LogP contribution in [0, 0.1) is 0 Å². The minimum Gasteiger partial charge on any atom is -0.463 e. The molecular weight excluding hydrogens is 390 g/mol. The van der Waals surface area contributed by atoms with Gasteiger partial charge in [-0.25, -0.2) is 8.42 Å². The summed E-state index contributed by atoms with van der Waals surface area (Å²) in [6.45, 7) is 4.55. The maximum atomic E-state index is 12.8. The summed E-state index contributed by atoms with van der Waals surface area (Å²) in [5, 5.41) is 3.06. The second-order valence-electron chi connectivity index (χ2n) is 8.10. The van der Waals surface area contributed by atoms with Crippen LogP contribution in [0.2, 0.25) is 0 Å². The molecule has 1 amide bonds. The Balaban J connectivity index is 1.48. The van der Waals surface area contributed by atoms with Gasteiger partial charge in [0, 0.05) is 24.4 Å². The molecule has 3 heterocycles. The zero-order chi connectivity index (χ0) is 20.6. The van der Waals surface area contributed by atoms with E-state index in [0.29, 0.717) is 24.2 Å². The molecule has 2 aliphatic rings. The molecule has 8 heteroatoms. The summed E-state index contributed by atoms with van der Waals surface area (Å²) in [7, 11) is -3.33. The van der Waals surface area contributed by atoms with Crippen LogP contribution in [-0.4, -0.2) is 46.3 Å². The van der Waals surface area contributed by atoms with Crippen molar-refractivity contribution in [1.82, 2.24) is 5.32 Å². The van der Waals surface area contributed by atoms with Crippen LogP contribution in [0.15, 0.2) is 41.0 Å². The molecule has 1 saturated heterocycles. The number of carbonyl (C=O) groups is 1. The number of fused-ring (bicyclic) bond motifs is 1. The highest BCUT2D eigenvalue weighted by Gasteiger charge is 2.33. The number of nitrogens with one attached hydrogen (secondary N) is 2. The van der Waals surface area contributed by atoms with E-state index in [1.165, 1.54) is 28.3 Å². The number of quaternary nitrogens is 1. The summed E-state index contributed by atoms with van der Waals surface area (Å²) >= 11 is 0. The third-order valence-corrected chi connectivity index (χ3v) is 7.22. The number of nitrogens with zero attached hydrogens (tertiary/aromatic N) is 1. The first-order valence-corrected chi connectivity index (χ1v) is 12.0. The Hall–Kier alpha value is -2.32. The minimum absolute atomic E-state index is 0.103. The summed E-state index contributed by atoms with van der Waals surface area (Å²) < 4.78 is 31.2. The van der Waals surface area contributed by atoms with Crippen LogP contribution >= 0.6 is 0 Å². The number of hydrogen-bond acceptors (Lipinski definition) is 4. The first-order valence-electron chi connectivity index (χ1n) is 10.1. The Morgan fingerprint density at radius 1 is 1.31 bits per heavy atom. The molecule has 1 fully saturated rings. The lowest BCUT2D eigenvalue weighted by atomic mass is 10.1. The zero-order valence-electron chi connectivity index (χ0n) is 16.8. The smallest absolute Gasteiger partial charge is 0.251 e. The molecular formula is C21H28N3O4S+. The normalized spacial score (nSPS) is 20.6. The molecule has 1 aromatic heterocycles. The standard InChI is InChI=1S/C21H27N3O4S/c1-15-12-17-13-16(7-8-18(17)24(15)29(2,26)27)21(25)22-14-19(20-6-5-11-28-20)23-9-3-4-10-23/h5-8,11,13,15,19H,3-4,9-10,12,14H2,1-2H3,(H,22,25)/p+1/t15-,19+/m1/s1. The molecule has 2 aliphatic heterocycles. The fourth-order valence-corrected chi connectivity index (χ4v) is 5.92. The van der Waals surface area contributed by atoms with Crippen molar-refractivity contribution < 1.29 is 22.5 Å². The maximum absolute atomic E-state index is 12.8. The van der Waals surface area contributed by atoms with E-state index in [-0.39, 0.29) is 18.0 Å². The fourth-order valence-electron chi connectivity index (χ4n) is 4.66. The molecule has 0 spiro atoms. The largest absolute Gasteiger partial charge is 0.463 e. The average Bonchev–Trinajstić information content (AvgIpc) is 3.41. The molecule has 0 unspecified atom stereocenters. The van der Waals surface area contributed by atoms with Crippen molar-refractivity contribution in [3.05, 3.63) is 53.5 Å². The van der Waals surface area contributed by atoms with Gasteiger partial charge in [-0.15, -0.1) is 0 Å². The van der Waals surface area contributed by atoms with Gasteiger partial charge < -0.3 is 14.6 Å². The number of hydrogen-bond donors (Lipinski definition) is 2. The molecule has 0 saturated carbocycles. The van der Waals surface area contributed by atoms with E-state index in [1.54, 1.807) is 18.4 Å². The van der Waals surface area contributed by atoms with Gasteiger partial charge in [0.1, 0.15) is 0 Å². The molecule has 156 valence electrons. The summed E-state index contributed by atoms with van der Waals surface area (Å²) in [6.07, 6.45) is 5.89. The number of amides is 1. The Morgan fingerprint density at radius 3 is 2.72 bits per heavy atom. The summed E-state index contributed by atoms with van der Waals surface area (Å²) in [5.74, 6) is 0.752. The first kappa shape index (κ1) is 20.0. The minimum atomic E-state index is -3.33. The Bertz CT molecular complexity index is 981. The molecule has 4 rings (SSSR count). The highest BCUT2D eigenvalue weighted by Crippen LogP contribution is 2.34. The van der Waals surface area contributed by atoms with Crippen LogP contribution in [0.1, 0.15) is 47.5 Å². The molecule has 29 heavy (non-hydrogen) atoms. The van der Waals surface area contributed by atoms with E-state index < -0.39 is 10.0 Å². The zero-order valence-corrected chi connectivity index (χ0v) is 17.7. The predicted octanol–water partition coefficient (Wildman–Crippen LogP) is 1.14. The van der Waals surface area contributed by atoms with Gasteiger partial charge in [0.2, 0.25) is 10.0 Å². The van der Waals surface area contributed by atoms with Crippen molar-refractivity contribution >= 4 is 21.6 Å². The van der Waals surface area contributed by atoms with Crippen molar-refractivity contribution in [2.75, 3.05) is 30.2 Å². The topological polar surface area (TPSA) is 84.1 Å². The van der Waals surface area contributed by atoms with Crippen molar-refractivity contribution in [3.63, 3.8) is 0 Å². The third-order valence-electron chi connectivity index (χ3n) is 5.94. The van der Waals surface area contributed by atoms with Gasteiger partial charge >= 0.3 is 0 Å². The van der Waals surface area contributed by atoms with Gasteiger partial charge in [-0.1, -0.05) is 0 Å². The first-order chi connectivity index (χ1) is 13.8. The van der Waals surface area contributed by atoms with Crippen LogP contribution in [0.25, 0.3) is 0 Å². The second-order valence-corrected chi connectivity index (χ2v) is 9.96. The van der Waals surface area contributed by atoms with Crippen LogP contribution in [-0.2, 0) is 16.4 Å². The number of anilines is 1. The number of benzene rings is 1. The molecule has 0 aliphatic carbocycles. The van der Waals surface area contributed by atoms with Gasteiger partial charge in [0.25, 0.3) is 5.91 Å². The molecule has 2 atom stereocenters. The van der Waals surface area contributed by atoms with Gasteiger partial charge in [-0.3, -0.25) is 9.10 Å². The van der Waals surface area contributed by atoms with Crippen LogP contribution < -0.4 is 14.5 Å². The van der Waals surface area contributed by atoms with E-state index in [2.05, 4.69) is 5.32 Å². The summed E-state index contributed by atoms with van der Waals surface area (Å²) in [4.78, 5) is 14.2. The summed E-state index contributed by atoms with van der Waals surface area (Å²) in [5.41, 5.74) is 2.12. The van der Waals surface area contributed by atoms with Gasteiger partial charge in [0.05, 0.1) is 37.8 Å². The van der Waals surface area contributed by atoms with Crippen molar-refractivity contribution in [1.29, 1.82) is 0 Å². The van der Waals surface area contributed by atoms with Crippen molar-refractivity contribution in [2.24, 2.45) is 0 Å². The SMILES string of the molecule is C[C@@H]1Cc2cc(C(=O)NC[C@@H](c3ccco3)[NH+]3CCCC3)ccc2N1S(C)(=O)=O. The average molecular weight is 419 g/mol. The van der Waals surface area contributed by atoms with Gasteiger partial charge in [0.15, 0.2) is 11.8 Å². The second kappa shape index (κ2) is 7.84. The number of rotatable bonds is 6. The lowest BCUT2D eigenvalue weighted by molar-refractivity contribution is -0.919. The van der Waals surface area contributed by atoms with Gasteiger partial charge in [-0.2, -0.15) is 0 Å². The lowest BCUT2D eigenvalue weighted by Crippen LogP contribution is -3.11. The third kappa shape index (κ3) is 4.04. The van der Waals surface area contributed by atoms with E-state index in [1.807, 2.05) is 25.1 Å². The Labute approximate surface area is 171 Å². The predicted molar refractivity (Wildman–Crippen MR) is 111 cm³/mol.